The molecule has 2 aromatic rings. The average Bonchev–Trinajstić information content (AvgIpc) is 3.17. The van der Waals surface area contributed by atoms with E-state index in [0.29, 0.717) is 13.1 Å². The van der Waals surface area contributed by atoms with Gasteiger partial charge >= 0.3 is 0 Å². The molecule has 0 aromatic carbocycles. The van der Waals surface area contributed by atoms with Crippen molar-refractivity contribution in [2.45, 2.75) is 38.9 Å². The summed E-state index contributed by atoms with van der Waals surface area (Å²) in [4.78, 5) is 8.88. The Morgan fingerprint density at radius 2 is 2.38 bits per heavy atom. The topological polar surface area (TPSA) is 97.8 Å². The number of aryl methyl sites for hydroxylation is 2. The van der Waals surface area contributed by atoms with Crippen LogP contribution in [-0.2, 0) is 26.6 Å². The zero-order valence-electron chi connectivity index (χ0n) is 14.1. The maximum atomic E-state index is 4.62. The number of fused-ring (bicyclic) bond motifs is 1. The molecule has 2 N–H and O–H groups in total. The fourth-order valence-electron chi connectivity index (χ4n) is 2.61. The molecule has 1 aliphatic rings. The third-order valence-corrected chi connectivity index (χ3v) is 4.12. The van der Waals surface area contributed by atoms with Gasteiger partial charge in [0.05, 0.1) is 6.54 Å². The predicted octanol–water partition coefficient (Wildman–Crippen LogP) is -0.0488. The molecule has 9 heteroatoms. The Labute approximate surface area is 140 Å². The molecule has 0 spiro atoms. The Hall–Kier alpha value is -2.71. The van der Waals surface area contributed by atoms with Gasteiger partial charge in [0.2, 0.25) is 0 Å². The SMILES string of the molecule is C=CCNC(=NCc1nnc(C)n1C)NC1CCc2ncnn2C1. The van der Waals surface area contributed by atoms with Crippen molar-refractivity contribution in [3.8, 4) is 0 Å². The second-order valence-corrected chi connectivity index (χ2v) is 5.80. The standard InChI is InChI=1S/C15H23N9/c1-4-7-16-15(17-8-14-22-21-11(2)23(14)3)20-12-5-6-13-18-10-19-24(13)9-12/h4,10,12H,1,5-9H2,2-3H3,(H2,16,17,20). The van der Waals surface area contributed by atoms with Crippen molar-refractivity contribution in [1.82, 2.24) is 40.2 Å². The highest BCUT2D eigenvalue weighted by atomic mass is 15.4. The Morgan fingerprint density at radius 3 is 3.12 bits per heavy atom. The van der Waals surface area contributed by atoms with E-state index in [1.165, 1.54) is 0 Å². The van der Waals surface area contributed by atoms with Crippen molar-refractivity contribution in [3.63, 3.8) is 0 Å². The first kappa shape index (κ1) is 16.2. The fraction of sp³-hybridized carbons (Fsp3) is 0.533. The lowest BCUT2D eigenvalue weighted by molar-refractivity contribution is 0.393. The highest BCUT2D eigenvalue weighted by molar-refractivity contribution is 5.80. The van der Waals surface area contributed by atoms with Crippen LogP contribution in [0.25, 0.3) is 0 Å². The third-order valence-electron chi connectivity index (χ3n) is 4.12. The zero-order chi connectivity index (χ0) is 16.9. The van der Waals surface area contributed by atoms with Gasteiger partial charge in [0.1, 0.15) is 24.5 Å². The second-order valence-electron chi connectivity index (χ2n) is 5.80. The van der Waals surface area contributed by atoms with Gasteiger partial charge in [0.15, 0.2) is 11.8 Å². The molecule has 9 nitrogen and oxygen atoms in total. The minimum Gasteiger partial charge on any atom is -0.353 e. The maximum Gasteiger partial charge on any atom is 0.192 e. The average molecular weight is 329 g/mol. The number of hydrogen-bond acceptors (Lipinski definition) is 5. The van der Waals surface area contributed by atoms with E-state index in [0.717, 1.165) is 42.8 Å². The van der Waals surface area contributed by atoms with Crippen molar-refractivity contribution >= 4 is 5.96 Å². The number of nitrogens with one attached hydrogen (secondary N) is 2. The molecule has 128 valence electrons. The maximum absolute atomic E-state index is 4.62. The van der Waals surface area contributed by atoms with Crippen molar-refractivity contribution in [2.24, 2.45) is 12.0 Å². The number of guanidine groups is 1. The summed E-state index contributed by atoms with van der Waals surface area (Å²) >= 11 is 0. The molecule has 0 saturated carbocycles. The minimum atomic E-state index is 0.261. The first-order valence-electron chi connectivity index (χ1n) is 8.04. The molecule has 0 amide bonds. The summed E-state index contributed by atoms with van der Waals surface area (Å²) in [6.45, 7) is 7.56. The molecule has 0 bridgehead atoms. The Morgan fingerprint density at radius 1 is 1.50 bits per heavy atom. The van der Waals surface area contributed by atoms with Gasteiger partial charge < -0.3 is 15.2 Å². The first-order chi connectivity index (χ1) is 11.7. The molecular formula is C15H23N9. The second kappa shape index (κ2) is 7.24. The number of nitrogens with zero attached hydrogens (tertiary/aromatic N) is 7. The monoisotopic (exact) mass is 329 g/mol. The van der Waals surface area contributed by atoms with Crippen LogP contribution in [0.2, 0.25) is 0 Å². The van der Waals surface area contributed by atoms with Crippen molar-refractivity contribution in [2.75, 3.05) is 6.54 Å². The quantitative estimate of drug-likeness (QED) is 0.453. The van der Waals surface area contributed by atoms with Crippen LogP contribution in [-0.4, -0.2) is 48.1 Å². The van der Waals surface area contributed by atoms with Gasteiger partial charge in [-0.2, -0.15) is 5.10 Å². The van der Waals surface area contributed by atoms with Crippen LogP contribution >= 0.6 is 0 Å². The molecule has 2 aromatic heterocycles. The van der Waals surface area contributed by atoms with Crippen LogP contribution in [0, 0.1) is 6.92 Å². The summed E-state index contributed by atoms with van der Waals surface area (Å²) in [5, 5.41) is 19.2. The minimum absolute atomic E-state index is 0.261. The number of hydrogen-bond donors (Lipinski definition) is 2. The van der Waals surface area contributed by atoms with Gasteiger partial charge in [-0.05, 0) is 13.3 Å². The molecule has 0 radical (unpaired) electrons. The summed E-state index contributed by atoms with van der Waals surface area (Å²) in [6.07, 6.45) is 5.32. The molecule has 0 saturated heterocycles. The molecule has 1 aliphatic heterocycles. The Kier molecular flexibility index (Phi) is 4.88. The fourth-order valence-corrected chi connectivity index (χ4v) is 2.61. The molecule has 24 heavy (non-hydrogen) atoms. The molecule has 0 fully saturated rings. The highest BCUT2D eigenvalue weighted by Gasteiger charge is 2.20. The van der Waals surface area contributed by atoms with E-state index < -0.39 is 0 Å². The van der Waals surface area contributed by atoms with Crippen molar-refractivity contribution in [3.05, 3.63) is 36.5 Å². The van der Waals surface area contributed by atoms with Crippen molar-refractivity contribution in [1.29, 1.82) is 0 Å². The largest absolute Gasteiger partial charge is 0.353 e. The lowest BCUT2D eigenvalue weighted by Crippen LogP contribution is -2.47. The number of aliphatic imine (C=N–C) groups is 1. The summed E-state index contributed by atoms with van der Waals surface area (Å²) in [6, 6.07) is 0.261. The number of aromatic nitrogens is 6. The van der Waals surface area contributed by atoms with Gasteiger partial charge in [-0.25, -0.2) is 14.7 Å². The van der Waals surface area contributed by atoms with Crippen LogP contribution in [0.5, 0.6) is 0 Å². The van der Waals surface area contributed by atoms with Gasteiger partial charge in [0, 0.05) is 26.1 Å². The molecular weight excluding hydrogens is 306 g/mol. The van der Waals surface area contributed by atoms with Crippen LogP contribution in [0.3, 0.4) is 0 Å². The third kappa shape index (κ3) is 3.61. The van der Waals surface area contributed by atoms with Gasteiger partial charge in [-0.1, -0.05) is 6.08 Å². The van der Waals surface area contributed by atoms with E-state index in [-0.39, 0.29) is 6.04 Å². The Balaban J connectivity index is 1.66. The van der Waals surface area contributed by atoms with Crippen molar-refractivity contribution < 1.29 is 0 Å². The summed E-state index contributed by atoms with van der Waals surface area (Å²) in [5.41, 5.74) is 0. The van der Waals surface area contributed by atoms with E-state index in [1.807, 2.05) is 23.2 Å². The first-order valence-corrected chi connectivity index (χ1v) is 8.04. The normalized spacial score (nSPS) is 17.4. The lowest BCUT2D eigenvalue weighted by atomic mass is 10.1. The van der Waals surface area contributed by atoms with Gasteiger partial charge in [-0.3, -0.25) is 0 Å². The summed E-state index contributed by atoms with van der Waals surface area (Å²) < 4.78 is 3.88. The summed E-state index contributed by atoms with van der Waals surface area (Å²) in [7, 11) is 1.94. The smallest absolute Gasteiger partial charge is 0.192 e. The van der Waals surface area contributed by atoms with E-state index in [1.54, 1.807) is 12.4 Å². The highest BCUT2D eigenvalue weighted by Crippen LogP contribution is 2.11. The predicted molar refractivity (Wildman–Crippen MR) is 90.3 cm³/mol. The van der Waals surface area contributed by atoms with Crippen LogP contribution < -0.4 is 10.6 Å². The zero-order valence-corrected chi connectivity index (χ0v) is 14.1. The lowest BCUT2D eigenvalue weighted by Gasteiger charge is -2.25. The molecule has 3 heterocycles. The summed E-state index contributed by atoms with van der Waals surface area (Å²) in [5.74, 6) is 3.48. The van der Waals surface area contributed by atoms with Gasteiger partial charge in [0.25, 0.3) is 0 Å². The van der Waals surface area contributed by atoms with Crippen LogP contribution in [0.1, 0.15) is 23.9 Å². The van der Waals surface area contributed by atoms with E-state index in [9.17, 15) is 0 Å². The van der Waals surface area contributed by atoms with Crippen LogP contribution in [0.15, 0.2) is 24.0 Å². The Bertz CT molecular complexity index is 727. The van der Waals surface area contributed by atoms with E-state index >= 15 is 0 Å². The molecule has 3 rings (SSSR count). The number of rotatable bonds is 5. The molecule has 1 unspecified atom stereocenters. The molecule has 1 atom stereocenters. The molecule has 0 aliphatic carbocycles. The van der Waals surface area contributed by atoms with Gasteiger partial charge in [-0.15, -0.1) is 16.8 Å². The van der Waals surface area contributed by atoms with E-state index in [4.69, 9.17) is 0 Å². The van der Waals surface area contributed by atoms with E-state index in [2.05, 4.69) is 42.5 Å². The van der Waals surface area contributed by atoms with Crippen LogP contribution in [0.4, 0.5) is 0 Å².